The molecule has 2 aliphatic heterocycles. The lowest BCUT2D eigenvalue weighted by molar-refractivity contribution is -0.318. The third-order valence-corrected chi connectivity index (χ3v) is 6.56. The zero-order valence-corrected chi connectivity index (χ0v) is 18.0. The van der Waals surface area contributed by atoms with Crippen molar-refractivity contribution < 1.29 is 49.6 Å². The van der Waals surface area contributed by atoms with Gasteiger partial charge in [-0.05, 0) is 6.42 Å². The molecule has 2 saturated heterocycles. The van der Waals surface area contributed by atoms with Crippen LogP contribution in [0.15, 0.2) is 0 Å². The smallest absolute Gasteiger partial charge is 0.186 e. The fourth-order valence-electron chi connectivity index (χ4n) is 4.45. The molecule has 0 aromatic heterocycles. The fraction of sp³-hybridized carbons (Fsp3) is 1.00. The van der Waals surface area contributed by atoms with Crippen molar-refractivity contribution in [1.29, 1.82) is 0 Å². The highest BCUT2D eigenvalue weighted by Crippen LogP contribution is 2.30. The number of ether oxygens (including phenoxy) is 4. The van der Waals surface area contributed by atoms with Crippen molar-refractivity contribution >= 4 is 0 Å². The first-order chi connectivity index (χ1) is 15.5. The van der Waals surface area contributed by atoms with Gasteiger partial charge >= 0.3 is 0 Å². The van der Waals surface area contributed by atoms with Crippen LogP contribution < -0.4 is 28.7 Å². The van der Waals surface area contributed by atoms with Crippen molar-refractivity contribution in [2.75, 3.05) is 13.2 Å². The van der Waals surface area contributed by atoms with Gasteiger partial charge in [0.2, 0.25) is 0 Å². The van der Waals surface area contributed by atoms with Crippen LogP contribution in [0.25, 0.3) is 0 Å². The average Bonchev–Trinajstić information content (AvgIpc) is 2.79. The molecule has 33 heavy (non-hydrogen) atoms. The summed E-state index contributed by atoms with van der Waals surface area (Å²) in [5.41, 5.74) is 29.6. The average molecular weight is 484 g/mol. The topological polar surface area (TPSA) is 288 Å². The van der Waals surface area contributed by atoms with Crippen LogP contribution in [0.4, 0.5) is 0 Å². The van der Waals surface area contributed by atoms with E-state index >= 15 is 0 Å². The van der Waals surface area contributed by atoms with Gasteiger partial charge in [0.05, 0.1) is 18.7 Å². The van der Waals surface area contributed by atoms with Crippen molar-refractivity contribution in [3.63, 3.8) is 0 Å². The summed E-state index contributed by atoms with van der Waals surface area (Å²) in [5.74, 6) is 0. The summed E-state index contributed by atoms with van der Waals surface area (Å²) in [6, 6.07) is -3.92. The summed E-state index contributed by atoms with van der Waals surface area (Å²) in [5, 5.41) is 60.9. The first kappa shape index (κ1) is 27.0. The van der Waals surface area contributed by atoms with Crippen LogP contribution in [-0.4, -0.2) is 135 Å². The molecule has 1 saturated carbocycles. The second-order valence-corrected chi connectivity index (χ2v) is 8.88. The quantitative estimate of drug-likeness (QED) is 0.167. The molecular formula is C18H37N5O10. The standard InChI is InChI=1S/C18H37N5O10/c19-2-6-11(26)12(27)9(23)17(30-6)32-15-4(20)1-5(21)16(14(15)29)33-18-13(28)8(22)10(25)7(3-24)31-18/h4-18,24-29H,1-3,19-23H2/t4-,5+,6+,7?,8-,9?,10?,11?,12?,13?,14?,15?,16?,17+,18+/m0/s1. The zero-order chi connectivity index (χ0) is 24.6. The van der Waals surface area contributed by atoms with Crippen LogP contribution >= 0.6 is 0 Å². The SMILES string of the molecule is NC[C@H]1O[C@H](OC2C(O)C(O[C@H]3OC(CO)C(O)[C@H](N)C3O)[C@H](N)C[C@@H]2N)C(N)C(O)C1O. The normalized spacial score (nSPS) is 53.7. The highest BCUT2D eigenvalue weighted by atomic mass is 16.7. The molecule has 2 heterocycles. The van der Waals surface area contributed by atoms with Gasteiger partial charge in [0, 0.05) is 18.6 Å². The van der Waals surface area contributed by atoms with Gasteiger partial charge in [0.1, 0.15) is 54.9 Å². The Morgan fingerprint density at radius 2 is 1.21 bits per heavy atom. The Morgan fingerprint density at radius 1 is 0.667 bits per heavy atom. The van der Waals surface area contributed by atoms with Gasteiger partial charge in [-0.15, -0.1) is 0 Å². The van der Waals surface area contributed by atoms with Gasteiger partial charge in [-0.25, -0.2) is 0 Å². The van der Waals surface area contributed by atoms with Crippen LogP contribution in [0.1, 0.15) is 6.42 Å². The van der Waals surface area contributed by atoms with Crippen molar-refractivity contribution in [3.05, 3.63) is 0 Å². The maximum Gasteiger partial charge on any atom is 0.186 e. The Kier molecular flexibility index (Phi) is 8.99. The lowest BCUT2D eigenvalue weighted by Crippen LogP contribution is -2.69. The van der Waals surface area contributed by atoms with Gasteiger partial charge in [-0.2, -0.15) is 0 Å². The first-order valence-corrected chi connectivity index (χ1v) is 10.9. The third-order valence-electron chi connectivity index (χ3n) is 6.56. The molecule has 15 nitrogen and oxygen atoms in total. The molecule has 194 valence electrons. The number of hydrogen-bond acceptors (Lipinski definition) is 15. The molecule has 3 aliphatic rings. The second kappa shape index (κ2) is 11.0. The van der Waals surface area contributed by atoms with Crippen LogP contribution in [0.2, 0.25) is 0 Å². The number of aliphatic hydroxyl groups is 6. The van der Waals surface area contributed by atoms with Gasteiger partial charge in [-0.3, -0.25) is 0 Å². The number of aliphatic hydroxyl groups excluding tert-OH is 6. The van der Waals surface area contributed by atoms with Crippen molar-refractivity contribution in [3.8, 4) is 0 Å². The van der Waals surface area contributed by atoms with E-state index in [1.54, 1.807) is 0 Å². The summed E-state index contributed by atoms with van der Waals surface area (Å²) < 4.78 is 22.5. The molecule has 0 bridgehead atoms. The van der Waals surface area contributed by atoms with E-state index in [0.29, 0.717) is 0 Å². The minimum atomic E-state index is -1.48. The van der Waals surface area contributed by atoms with Crippen LogP contribution in [-0.2, 0) is 18.9 Å². The molecule has 15 atom stereocenters. The van der Waals surface area contributed by atoms with E-state index in [9.17, 15) is 30.6 Å². The molecule has 0 spiro atoms. The molecule has 16 N–H and O–H groups in total. The van der Waals surface area contributed by atoms with E-state index in [-0.39, 0.29) is 13.0 Å². The van der Waals surface area contributed by atoms with Gasteiger partial charge in [0.25, 0.3) is 0 Å². The van der Waals surface area contributed by atoms with E-state index in [2.05, 4.69) is 0 Å². The van der Waals surface area contributed by atoms with Gasteiger partial charge in [-0.1, -0.05) is 0 Å². The molecular weight excluding hydrogens is 446 g/mol. The Hall–Kier alpha value is -0.600. The summed E-state index contributed by atoms with van der Waals surface area (Å²) in [7, 11) is 0. The highest BCUT2D eigenvalue weighted by molar-refractivity contribution is 5.01. The summed E-state index contributed by atoms with van der Waals surface area (Å²) in [4.78, 5) is 0. The van der Waals surface area contributed by atoms with E-state index < -0.39 is 98.3 Å². The lowest BCUT2D eigenvalue weighted by atomic mass is 9.84. The summed E-state index contributed by atoms with van der Waals surface area (Å²) in [6.45, 7) is -0.694. The highest BCUT2D eigenvalue weighted by Gasteiger charge is 2.51. The molecule has 0 amide bonds. The van der Waals surface area contributed by atoms with Crippen molar-refractivity contribution in [2.45, 2.75) is 98.1 Å². The fourth-order valence-corrected chi connectivity index (χ4v) is 4.45. The molecule has 3 fully saturated rings. The van der Waals surface area contributed by atoms with Crippen molar-refractivity contribution in [2.24, 2.45) is 28.7 Å². The van der Waals surface area contributed by atoms with Crippen molar-refractivity contribution in [1.82, 2.24) is 0 Å². The number of rotatable bonds is 6. The van der Waals surface area contributed by atoms with Crippen LogP contribution in [0.5, 0.6) is 0 Å². The molecule has 1 aliphatic carbocycles. The summed E-state index contributed by atoms with van der Waals surface area (Å²) >= 11 is 0. The lowest BCUT2D eigenvalue weighted by Gasteiger charge is -2.48. The van der Waals surface area contributed by atoms with Gasteiger partial charge < -0.3 is 78.3 Å². The Morgan fingerprint density at radius 3 is 1.76 bits per heavy atom. The van der Waals surface area contributed by atoms with E-state index in [1.807, 2.05) is 0 Å². The third kappa shape index (κ3) is 5.32. The number of hydrogen-bond donors (Lipinski definition) is 11. The molecule has 0 aromatic carbocycles. The Balaban J connectivity index is 1.72. The van der Waals surface area contributed by atoms with Gasteiger partial charge in [0.15, 0.2) is 12.6 Å². The van der Waals surface area contributed by atoms with E-state index in [1.165, 1.54) is 0 Å². The largest absolute Gasteiger partial charge is 0.394 e. The molecule has 3 rings (SSSR count). The van der Waals surface area contributed by atoms with E-state index in [0.717, 1.165) is 0 Å². The van der Waals surface area contributed by atoms with Crippen LogP contribution in [0.3, 0.4) is 0 Å². The van der Waals surface area contributed by atoms with Crippen LogP contribution in [0, 0.1) is 0 Å². The predicted molar refractivity (Wildman–Crippen MR) is 110 cm³/mol. The predicted octanol–water partition coefficient (Wildman–Crippen LogP) is -7.33. The Labute approximate surface area is 190 Å². The Bertz CT molecular complexity index is 585. The second-order valence-electron chi connectivity index (χ2n) is 8.88. The zero-order valence-electron chi connectivity index (χ0n) is 18.0. The minimum absolute atomic E-state index is 0.115. The summed E-state index contributed by atoms with van der Waals surface area (Å²) in [6.07, 6.45) is -13.9. The molecule has 0 radical (unpaired) electrons. The maximum absolute atomic E-state index is 11.0. The number of nitrogens with two attached hydrogens (primary N) is 5. The minimum Gasteiger partial charge on any atom is -0.394 e. The molecule has 9 unspecified atom stereocenters. The molecule has 0 aromatic rings. The first-order valence-electron chi connectivity index (χ1n) is 10.9. The van der Waals surface area contributed by atoms with E-state index in [4.69, 9.17) is 47.6 Å². The monoisotopic (exact) mass is 483 g/mol. The maximum atomic E-state index is 11.0. The molecule has 15 heteroatoms.